The van der Waals surface area contributed by atoms with Crippen molar-refractivity contribution in [1.82, 2.24) is 14.9 Å². The van der Waals surface area contributed by atoms with E-state index >= 15 is 4.39 Å². The quantitative estimate of drug-likeness (QED) is 0.208. The molecule has 1 fully saturated rings. The van der Waals surface area contributed by atoms with Crippen LogP contribution in [0.2, 0.25) is 0 Å². The fourth-order valence-electron chi connectivity index (χ4n) is 5.82. The molecule has 0 saturated carbocycles. The average Bonchev–Trinajstić information content (AvgIpc) is 3.11. The number of hydrogen-bond donors (Lipinski definition) is 2. The van der Waals surface area contributed by atoms with Crippen LogP contribution >= 0.6 is 0 Å². The number of H-pyrrole nitrogens is 1. The monoisotopic (exact) mass is 548 g/mol. The number of nitrogens with one attached hydrogen (secondary N) is 1. The molecule has 0 spiro atoms. The van der Waals surface area contributed by atoms with Crippen LogP contribution in [0.1, 0.15) is 58.8 Å². The van der Waals surface area contributed by atoms with Gasteiger partial charge in [-0.2, -0.15) is 0 Å². The first-order chi connectivity index (χ1) is 18.6. The minimum Gasteiger partial charge on any atom is -0.469 e. The number of aryl methyl sites for hydroxylation is 2. The van der Waals surface area contributed by atoms with E-state index < -0.39 is 23.8 Å². The van der Waals surface area contributed by atoms with Crippen LogP contribution in [0.4, 0.5) is 23.2 Å². The number of alkyl halides is 3. The van der Waals surface area contributed by atoms with Crippen LogP contribution in [0.5, 0.6) is 5.75 Å². The van der Waals surface area contributed by atoms with E-state index in [2.05, 4.69) is 14.7 Å². The summed E-state index contributed by atoms with van der Waals surface area (Å²) in [5.74, 6) is -1.95. The number of aromatic amines is 1. The van der Waals surface area contributed by atoms with Crippen molar-refractivity contribution in [3.05, 3.63) is 52.6 Å². The van der Waals surface area contributed by atoms with Crippen molar-refractivity contribution in [2.24, 2.45) is 5.92 Å². The minimum atomic E-state index is -4.87. The first kappa shape index (κ1) is 26.8. The van der Waals surface area contributed by atoms with Gasteiger partial charge in [-0.1, -0.05) is 0 Å². The predicted octanol–water partition coefficient (Wildman–Crippen LogP) is 4.87. The predicted molar refractivity (Wildman–Crippen MR) is 134 cm³/mol. The van der Waals surface area contributed by atoms with E-state index in [-0.39, 0.29) is 29.1 Å². The number of carbonyl (C=O) groups excluding carboxylic acids is 2. The van der Waals surface area contributed by atoms with Gasteiger partial charge in [-0.05, 0) is 62.1 Å². The number of hydrogen-bond acceptors (Lipinski definition) is 6. The molecule has 1 aromatic carbocycles. The second-order valence-electron chi connectivity index (χ2n) is 9.99. The number of benzene rings is 1. The number of piperidine rings is 1. The summed E-state index contributed by atoms with van der Waals surface area (Å²) in [5, 5.41) is 0.754. The van der Waals surface area contributed by atoms with Gasteiger partial charge in [-0.3, -0.25) is 9.59 Å². The van der Waals surface area contributed by atoms with E-state index in [1.165, 1.54) is 19.4 Å². The lowest BCUT2D eigenvalue weighted by Gasteiger charge is -2.33. The number of amides is 1. The Labute approximate surface area is 221 Å². The van der Waals surface area contributed by atoms with Gasteiger partial charge >= 0.3 is 12.3 Å². The van der Waals surface area contributed by atoms with E-state index in [0.29, 0.717) is 62.8 Å². The molecular formula is C27H28F4N4O4. The van der Waals surface area contributed by atoms with Gasteiger partial charge in [0.15, 0.2) is 0 Å². The zero-order valence-corrected chi connectivity index (χ0v) is 21.2. The van der Waals surface area contributed by atoms with E-state index in [1.54, 1.807) is 4.90 Å². The fourth-order valence-corrected chi connectivity index (χ4v) is 5.82. The number of nitrogen functional groups attached to an aromatic ring is 1. The van der Waals surface area contributed by atoms with Crippen molar-refractivity contribution in [1.29, 1.82) is 0 Å². The number of esters is 1. The number of ether oxygens (including phenoxy) is 2. The van der Waals surface area contributed by atoms with Crippen LogP contribution in [0.25, 0.3) is 11.0 Å². The highest BCUT2D eigenvalue weighted by Gasteiger charge is 2.33. The number of fused-ring (bicyclic) bond motifs is 3. The third kappa shape index (κ3) is 5.37. The number of likely N-dealkylation sites (tertiary alicyclic amines) is 1. The highest BCUT2D eigenvalue weighted by molar-refractivity contribution is 5.99. The highest BCUT2D eigenvalue weighted by Crippen LogP contribution is 2.39. The maximum absolute atomic E-state index is 15.3. The number of carbonyl (C=O) groups is 2. The van der Waals surface area contributed by atoms with E-state index in [0.717, 1.165) is 28.8 Å². The summed E-state index contributed by atoms with van der Waals surface area (Å²) >= 11 is 0. The van der Waals surface area contributed by atoms with Gasteiger partial charge in [0.2, 0.25) is 0 Å². The first-order valence-electron chi connectivity index (χ1n) is 12.8. The maximum atomic E-state index is 15.3. The lowest BCUT2D eigenvalue weighted by Crippen LogP contribution is -2.38. The molecule has 3 N–H and O–H groups in total. The summed E-state index contributed by atoms with van der Waals surface area (Å²) in [6.45, 7) is 0.647. The number of nitrogens with zero attached hydrogens (tertiary/aromatic N) is 2. The van der Waals surface area contributed by atoms with Gasteiger partial charge < -0.3 is 25.1 Å². The summed E-state index contributed by atoms with van der Waals surface area (Å²) in [4.78, 5) is 34.4. The molecule has 1 atom stereocenters. The number of aromatic nitrogens is 2. The fraction of sp³-hybridized carbons (Fsp3) is 0.444. The summed E-state index contributed by atoms with van der Waals surface area (Å²) in [6.07, 6.45) is -0.210. The molecular weight excluding hydrogens is 520 g/mol. The van der Waals surface area contributed by atoms with Crippen molar-refractivity contribution >= 4 is 28.6 Å². The Morgan fingerprint density at radius 1 is 1.13 bits per heavy atom. The molecule has 3 heterocycles. The van der Waals surface area contributed by atoms with Crippen LogP contribution in [0.15, 0.2) is 24.4 Å². The molecule has 39 heavy (non-hydrogen) atoms. The lowest BCUT2D eigenvalue weighted by atomic mass is 9.86. The molecule has 1 saturated heterocycles. The zero-order chi connectivity index (χ0) is 27.9. The second-order valence-corrected chi connectivity index (χ2v) is 9.99. The van der Waals surface area contributed by atoms with Gasteiger partial charge in [0.05, 0.1) is 24.8 Å². The van der Waals surface area contributed by atoms with Crippen molar-refractivity contribution in [3.63, 3.8) is 0 Å². The Morgan fingerprint density at radius 2 is 1.85 bits per heavy atom. The number of rotatable bonds is 4. The zero-order valence-electron chi connectivity index (χ0n) is 21.2. The van der Waals surface area contributed by atoms with Crippen molar-refractivity contribution in [2.45, 2.75) is 50.8 Å². The molecule has 2 aliphatic rings. The highest BCUT2D eigenvalue weighted by atomic mass is 19.4. The molecule has 0 bridgehead atoms. The molecule has 0 unspecified atom stereocenters. The van der Waals surface area contributed by atoms with Gasteiger partial charge in [0.25, 0.3) is 5.91 Å². The molecule has 8 nitrogen and oxygen atoms in total. The second kappa shape index (κ2) is 10.4. The molecule has 1 aliphatic carbocycles. The van der Waals surface area contributed by atoms with Crippen LogP contribution in [-0.4, -0.2) is 53.3 Å². The Balaban J connectivity index is 1.34. The molecule has 1 aliphatic heterocycles. The van der Waals surface area contributed by atoms with Crippen LogP contribution in [0.3, 0.4) is 0 Å². The van der Waals surface area contributed by atoms with E-state index in [9.17, 15) is 22.8 Å². The summed E-state index contributed by atoms with van der Waals surface area (Å²) in [5.41, 5.74) is 8.94. The van der Waals surface area contributed by atoms with Crippen LogP contribution < -0.4 is 10.5 Å². The third-order valence-electron chi connectivity index (χ3n) is 7.70. The maximum Gasteiger partial charge on any atom is 0.573 e. The molecule has 5 rings (SSSR count). The molecule has 3 aromatic rings. The first-order valence-corrected chi connectivity index (χ1v) is 12.8. The number of methoxy groups -OCH3 is 1. The minimum absolute atomic E-state index is 0.0802. The lowest BCUT2D eigenvalue weighted by molar-refractivity contribution is -0.274. The van der Waals surface area contributed by atoms with Gasteiger partial charge in [-0.25, -0.2) is 9.37 Å². The average molecular weight is 549 g/mol. The van der Waals surface area contributed by atoms with Gasteiger partial charge in [0, 0.05) is 41.5 Å². The number of nitrogens with two attached hydrogens (primary N) is 1. The molecule has 208 valence electrons. The Kier molecular flexibility index (Phi) is 7.13. The Bertz CT molecular complexity index is 1410. The number of anilines is 1. The largest absolute Gasteiger partial charge is 0.573 e. The van der Waals surface area contributed by atoms with Crippen LogP contribution in [0, 0.1) is 11.7 Å². The third-order valence-corrected chi connectivity index (χ3v) is 7.70. The summed E-state index contributed by atoms with van der Waals surface area (Å²) < 4.78 is 61.6. The summed E-state index contributed by atoms with van der Waals surface area (Å²) in [6, 6.07) is 3.24. The smallest absolute Gasteiger partial charge is 0.469 e. The van der Waals surface area contributed by atoms with Crippen molar-refractivity contribution in [3.8, 4) is 5.75 Å². The van der Waals surface area contributed by atoms with Crippen molar-refractivity contribution in [2.75, 3.05) is 25.9 Å². The van der Waals surface area contributed by atoms with Crippen LogP contribution in [-0.2, 0) is 22.4 Å². The number of pyridine rings is 1. The van der Waals surface area contributed by atoms with Gasteiger partial charge in [-0.15, -0.1) is 13.2 Å². The van der Waals surface area contributed by atoms with Crippen molar-refractivity contribution < 1.29 is 36.6 Å². The molecule has 0 radical (unpaired) electrons. The SMILES string of the molecule is COC(=O)[C@H]1CCc2[nH]c3ncc(F)c(C4CCN(C(=O)c5ccc(OC(F)(F)F)cc5N)CC4)c3c2CC1. The normalized spacial score (nSPS) is 18.5. The molecule has 1 amide bonds. The Hall–Kier alpha value is -3.83. The Morgan fingerprint density at radius 3 is 2.51 bits per heavy atom. The topological polar surface area (TPSA) is 111 Å². The van der Waals surface area contributed by atoms with E-state index in [1.807, 2.05) is 0 Å². The summed E-state index contributed by atoms with van der Waals surface area (Å²) in [7, 11) is 1.38. The van der Waals surface area contributed by atoms with E-state index in [4.69, 9.17) is 10.5 Å². The molecule has 12 heteroatoms. The standard InChI is InChI=1S/C27H28F4N4O4/c1-38-26(37)15-2-5-18-21(7-3-15)34-24-23(18)22(19(28)13-33-24)14-8-10-35(11-9-14)25(36)17-6-4-16(12-20(17)32)39-27(29,30)31/h4,6,12-15H,2-3,5,7-11,32H2,1H3,(H,33,34)/t15-/m1/s1. The molecule has 2 aromatic heterocycles. The van der Waals surface area contributed by atoms with Gasteiger partial charge in [0.1, 0.15) is 17.2 Å². The number of halogens is 4.